The van der Waals surface area contributed by atoms with Gasteiger partial charge in [-0.25, -0.2) is 14.4 Å². The Bertz CT molecular complexity index is 1470. The van der Waals surface area contributed by atoms with Crippen LogP contribution in [0.15, 0.2) is 40.3 Å². The largest absolute Gasteiger partial charge is 0.440 e. The summed E-state index contributed by atoms with van der Waals surface area (Å²) >= 11 is 1.89. The summed E-state index contributed by atoms with van der Waals surface area (Å²) in [5.41, 5.74) is 1.95. The fourth-order valence-electron chi connectivity index (χ4n) is 8.48. The van der Waals surface area contributed by atoms with E-state index < -0.39 is 11.1 Å². The summed E-state index contributed by atoms with van der Waals surface area (Å²) in [7, 11) is 0. The Kier molecular flexibility index (Phi) is 4.85. The van der Waals surface area contributed by atoms with Crippen LogP contribution in [-0.4, -0.2) is 28.1 Å². The number of benzene rings is 1. The maximum atomic E-state index is 14.6. The lowest BCUT2D eigenvalue weighted by Crippen LogP contribution is -2.71. The first-order valence-electron chi connectivity index (χ1n) is 15.4. The Labute approximate surface area is 238 Å². The van der Waals surface area contributed by atoms with E-state index in [1.807, 2.05) is 34.6 Å². The minimum Gasteiger partial charge on any atom is -0.440 e. The van der Waals surface area contributed by atoms with Crippen molar-refractivity contribution in [2.45, 2.75) is 106 Å². The summed E-state index contributed by atoms with van der Waals surface area (Å²) in [6.45, 7) is 0.724. The number of carbonyl (C=O) groups excluding carboxylic acids is 1. The molecule has 5 nitrogen and oxygen atoms in total. The molecular formula is C33H36FN3O2S. The zero-order chi connectivity index (χ0) is 26.7. The molecule has 0 aliphatic heterocycles. The van der Waals surface area contributed by atoms with Crippen LogP contribution in [0.2, 0.25) is 0 Å². The number of carbonyl (C=O) groups is 1. The second-order valence-electron chi connectivity index (χ2n) is 14.4. The molecule has 0 N–H and O–H groups in total. The normalized spacial score (nSPS) is 35.7. The average Bonchev–Trinajstić information content (AvgIpc) is 3.89. The molecule has 1 aromatic carbocycles. The van der Waals surface area contributed by atoms with E-state index in [1.165, 1.54) is 23.5 Å². The van der Waals surface area contributed by atoms with Crippen LogP contribution in [0.5, 0.6) is 0 Å². The first-order chi connectivity index (χ1) is 19.4. The van der Waals surface area contributed by atoms with Crippen molar-refractivity contribution in [1.29, 1.82) is 0 Å². The number of anilines is 1. The molecular weight excluding hydrogens is 521 g/mol. The number of halogens is 1. The number of nitrogens with zero attached hydrogens (tertiary/aromatic N) is 3. The van der Waals surface area contributed by atoms with E-state index in [-0.39, 0.29) is 16.7 Å². The number of rotatable bonds is 8. The van der Waals surface area contributed by atoms with Gasteiger partial charge in [0.2, 0.25) is 5.91 Å². The highest BCUT2D eigenvalue weighted by Crippen LogP contribution is 2.70. The van der Waals surface area contributed by atoms with Crippen LogP contribution in [0.1, 0.15) is 112 Å². The summed E-state index contributed by atoms with van der Waals surface area (Å²) in [5.74, 6) is 2.89. The van der Waals surface area contributed by atoms with E-state index in [0.717, 1.165) is 80.8 Å². The molecule has 0 radical (unpaired) electrons. The van der Waals surface area contributed by atoms with Crippen LogP contribution in [0, 0.1) is 10.8 Å². The lowest BCUT2D eigenvalue weighted by atomic mass is 9.41. The fraction of sp³-hybridized carbons (Fsp3) is 0.606. The smallest absolute Gasteiger partial charge is 0.233 e. The third kappa shape index (κ3) is 3.65. The molecule has 0 unspecified atom stereocenters. The molecule has 1 amide bonds. The third-order valence-electron chi connectivity index (χ3n) is 11.4. The molecule has 3 aromatic rings. The van der Waals surface area contributed by atoms with Crippen molar-refractivity contribution in [3.8, 4) is 11.3 Å². The number of aromatic nitrogens is 2. The van der Waals surface area contributed by atoms with Crippen molar-refractivity contribution in [2.75, 3.05) is 11.4 Å². The summed E-state index contributed by atoms with van der Waals surface area (Å²) in [6.07, 6.45) is 14.8. The Morgan fingerprint density at radius 1 is 1.02 bits per heavy atom. The van der Waals surface area contributed by atoms with Crippen LogP contribution in [0.25, 0.3) is 11.3 Å². The van der Waals surface area contributed by atoms with Gasteiger partial charge in [0.1, 0.15) is 5.67 Å². The highest BCUT2D eigenvalue weighted by Gasteiger charge is 2.73. The van der Waals surface area contributed by atoms with Crippen LogP contribution in [0.4, 0.5) is 10.1 Å². The second kappa shape index (κ2) is 8.05. The summed E-state index contributed by atoms with van der Waals surface area (Å²) in [5, 5.41) is 3.68. The van der Waals surface area contributed by atoms with Crippen LogP contribution >= 0.6 is 11.3 Å². The van der Waals surface area contributed by atoms with E-state index in [0.29, 0.717) is 31.1 Å². The molecule has 11 rings (SSSR count). The molecule has 8 aliphatic rings. The maximum absolute atomic E-state index is 14.6. The molecule has 208 valence electrons. The van der Waals surface area contributed by atoms with E-state index in [9.17, 15) is 9.18 Å². The highest BCUT2D eigenvalue weighted by molar-refractivity contribution is 7.09. The molecule has 8 saturated carbocycles. The Morgan fingerprint density at radius 2 is 1.75 bits per heavy atom. The summed E-state index contributed by atoms with van der Waals surface area (Å²) < 4.78 is 20.7. The average molecular weight is 558 g/mol. The van der Waals surface area contributed by atoms with Crippen LogP contribution < -0.4 is 4.90 Å². The standard InChI is InChI=1S/C33H36FN3O2S/c34-33-17-32(18-33,19-33)29(38)37(24-3-1-2-23(14-24)26-15-35-27(39-26)22-6-7-22)20-30-8-11-31(12-9-30,13-10-30)28-36-25(16-40-28)21-4-5-21/h1-3,14-16,21-22H,4-13,17-20H2. The zero-order valence-electron chi connectivity index (χ0n) is 23.0. The fourth-order valence-corrected chi connectivity index (χ4v) is 9.67. The Hall–Kier alpha value is -2.54. The highest BCUT2D eigenvalue weighted by atomic mass is 32.1. The minimum atomic E-state index is -1.09. The van der Waals surface area contributed by atoms with Gasteiger partial charge in [0.25, 0.3) is 0 Å². The number of amides is 1. The van der Waals surface area contributed by atoms with Crippen LogP contribution in [-0.2, 0) is 10.2 Å². The van der Waals surface area contributed by atoms with Gasteiger partial charge >= 0.3 is 0 Å². The third-order valence-corrected chi connectivity index (χ3v) is 12.5. The van der Waals surface area contributed by atoms with Gasteiger partial charge in [0.05, 0.1) is 22.3 Å². The molecule has 2 aromatic heterocycles. The number of hydrogen-bond donors (Lipinski definition) is 0. The number of oxazole rings is 1. The number of fused-ring (bicyclic) bond motifs is 3. The van der Waals surface area contributed by atoms with E-state index >= 15 is 0 Å². The first-order valence-corrected chi connectivity index (χ1v) is 16.3. The Morgan fingerprint density at radius 3 is 2.42 bits per heavy atom. The molecule has 40 heavy (non-hydrogen) atoms. The van der Waals surface area contributed by atoms with Crippen molar-refractivity contribution >= 4 is 22.9 Å². The van der Waals surface area contributed by atoms with E-state index in [2.05, 4.69) is 22.5 Å². The van der Waals surface area contributed by atoms with E-state index in [4.69, 9.17) is 9.40 Å². The van der Waals surface area contributed by atoms with Crippen molar-refractivity contribution in [3.63, 3.8) is 0 Å². The van der Waals surface area contributed by atoms with Crippen LogP contribution in [0.3, 0.4) is 0 Å². The number of alkyl halides is 1. The molecule has 8 aliphatic carbocycles. The summed E-state index contributed by atoms with van der Waals surface area (Å²) in [6, 6.07) is 8.21. The monoisotopic (exact) mass is 557 g/mol. The predicted octanol–water partition coefficient (Wildman–Crippen LogP) is 8.07. The van der Waals surface area contributed by atoms with Gasteiger partial charge in [-0.1, -0.05) is 12.1 Å². The van der Waals surface area contributed by atoms with Crippen molar-refractivity contribution < 1.29 is 13.6 Å². The van der Waals surface area contributed by atoms with Gasteiger partial charge in [-0.15, -0.1) is 11.3 Å². The second-order valence-corrected chi connectivity index (χ2v) is 15.2. The molecule has 7 heteroatoms. The number of hydrogen-bond acceptors (Lipinski definition) is 5. The van der Waals surface area contributed by atoms with Gasteiger partial charge in [0, 0.05) is 40.4 Å². The summed E-state index contributed by atoms with van der Waals surface area (Å²) in [4.78, 5) is 25.9. The quantitative estimate of drug-likeness (QED) is 0.281. The van der Waals surface area contributed by atoms with Gasteiger partial charge in [-0.2, -0.15) is 0 Å². The number of thiazole rings is 1. The molecule has 8 fully saturated rings. The van der Waals surface area contributed by atoms with Gasteiger partial charge in [-0.05, 0) is 101 Å². The molecule has 2 heterocycles. The molecule has 0 saturated heterocycles. The Balaban J connectivity index is 0.997. The molecule has 4 bridgehead atoms. The van der Waals surface area contributed by atoms with Gasteiger partial charge < -0.3 is 9.32 Å². The van der Waals surface area contributed by atoms with Gasteiger partial charge in [-0.3, -0.25) is 4.79 Å². The van der Waals surface area contributed by atoms with Crippen molar-refractivity contribution in [3.05, 3.63) is 52.4 Å². The molecule has 0 spiro atoms. The van der Waals surface area contributed by atoms with Crippen molar-refractivity contribution in [1.82, 2.24) is 9.97 Å². The topological polar surface area (TPSA) is 59.2 Å². The lowest BCUT2D eigenvalue weighted by molar-refractivity contribution is -0.211. The van der Waals surface area contributed by atoms with E-state index in [1.54, 1.807) is 0 Å². The zero-order valence-corrected chi connectivity index (χ0v) is 23.8. The first kappa shape index (κ1) is 24.1. The maximum Gasteiger partial charge on any atom is 0.233 e. The SMILES string of the molecule is O=C(N(CC12CCC(c3nc(C4CC4)cs3)(CC1)CC2)c1cccc(-c2cnc(C3CC3)o2)c1)C12CC(F)(C1)C2. The van der Waals surface area contributed by atoms with Gasteiger partial charge in [0.15, 0.2) is 11.7 Å². The lowest BCUT2D eigenvalue weighted by Gasteiger charge is -2.65. The van der Waals surface area contributed by atoms with Crippen molar-refractivity contribution in [2.24, 2.45) is 10.8 Å². The molecule has 0 atom stereocenters. The minimum absolute atomic E-state index is 0.117. The predicted molar refractivity (Wildman–Crippen MR) is 152 cm³/mol.